The van der Waals surface area contributed by atoms with E-state index in [0.717, 1.165) is 11.4 Å². The van der Waals surface area contributed by atoms with Gasteiger partial charge in [0.1, 0.15) is 0 Å². The first-order valence-electron chi connectivity index (χ1n) is 5.96. The molecule has 2 aromatic rings. The third kappa shape index (κ3) is 3.67. The van der Waals surface area contributed by atoms with Gasteiger partial charge in [-0.1, -0.05) is 6.08 Å². The topological polar surface area (TPSA) is 54.0 Å². The van der Waals surface area contributed by atoms with Crippen molar-refractivity contribution in [3.05, 3.63) is 67.0 Å². The molecule has 1 heterocycles. The molecule has 0 aliphatic heterocycles. The molecular weight excluding hydrogens is 238 g/mol. The molecule has 4 heteroatoms. The molecule has 19 heavy (non-hydrogen) atoms. The number of nitrogens with zero attached hydrogens (tertiary/aromatic N) is 1. The number of hydrogen-bond acceptors (Lipinski definition) is 3. The van der Waals surface area contributed by atoms with Crippen LogP contribution >= 0.6 is 0 Å². The Morgan fingerprint density at radius 1 is 1.21 bits per heavy atom. The number of amides is 1. The highest BCUT2D eigenvalue weighted by Gasteiger charge is 2.05. The van der Waals surface area contributed by atoms with Crippen molar-refractivity contribution in [1.82, 2.24) is 4.98 Å². The average molecular weight is 253 g/mol. The van der Waals surface area contributed by atoms with E-state index in [0.29, 0.717) is 12.1 Å². The maximum Gasteiger partial charge on any atom is 0.257 e. The van der Waals surface area contributed by atoms with Crippen molar-refractivity contribution < 1.29 is 4.79 Å². The predicted octanol–water partition coefficient (Wildman–Crippen LogP) is 2.93. The Morgan fingerprint density at radius 3 is 2.58 bits per heavy atom. The van der Waals surface area contributed by atoms with Gasteiger partial charge in [0.25, 0.3) is 5.91 Å². The van der Waals surface area contributed by atoms with Crippen molar-refractivity contribution in [2.24, 2.45) is 0 Å². The number of anilines is 2. The molecule has 1 aromatic heterocycles. The van der Waals surface area contributed by atoms with Gasteiger partial charge < -0.3 is 10.6 Å². The standard InChI is InChI=1S/C15H15N3O/c1-2-9-17-13-5-7-14(8-6-13)18-15(19)12-4-3-10-16-11-12/h2-8,10-11,17H,1,9H2,(H,18,19). The van der Waals surface area contributed by atoms with Crippen LogP contribution in [0.25, 0.3) is 0 Å². The average Bonchev–Trinajstić information content (AvgIpc) is 2.47. The van der Waals surface area contributed by atoms with Crippen molar-refractivity contribution in [1.29, 1.82) is 0 Å². The van der Waals surface area contributed by atoms with Gasteiger partial charge in [0, 0.05) is 30.3 Å². The summed E-state index contributed by atoms with van der Waals surface area (Å²) in [5.74, 6) is -0.167. The van der Waals surface area contributed by atoms with Crippen LogP contribution in [0.5, 0.6) is 0 Å². The highest BCUT2D eigenvalue weighted by atomic mass is 16.1. The zero-order chi connectivity index (χ0) is 13.5. The highest BCUT2D eigenvalue weighted by molar-refractivity contribution is 6.04. The van der Waals surface area contributed by atoms with Crippen molar-refractivity contribution >= 4 is 17.3 Å². The van der Waals surface area contributed by atoms with Crippen LogP contribution in [0.15, 0.2) is 61.4 Å². The van der Waals surface area contributed by atoms with Crippen molar-refractivity contribution in [3.8, 4) is 0 Å². The van der Waals surface area contributed by atoms with E-state index >= 15 is 0 Å². The van der Waals surface area contributed by atoms with Gasteiger partial charge in [0.05, 0.1) is 5.56 Å². The second-order valence-corrected chi connectivity index (χ2v) is 3.94. The Kier molecular flexibility index (Phi) is 4.29. The summed E-state index contributed by atoms with van der Waals surface area (Å²) in [6, 6.07) is 11.0. The summed E-state index contributed by atoms with van der Waals surface area (Å²) in [7, 11) is 0. The lowest BCUT2D eigenvalue weighted by atomic mass is 10.2. The minimum Gasteiger partial charge on any atom is -0.382 e. The molecule has 96 valence electrons. The van der Waals surface area contributed by atoms with E-state index in [4.69, 9.17) is 0 Å². The van der Waals surface area contributed by atoms with Crippen molar-refractivity contribution in [2.75, 3.05) is 17.2 Å². The summed E-state index contributed by atoms with van der Waals surface area (Å²) >= 11 is 0. The van der Waals surface area contributed by atoms with Crippen LogP contribution in [-0.4, -0.2) is 17.4 Å². The monoisotopic (exact) mass is 253 g/mol. The summed E-state index contributed by atoms with van der Waals surface area (Å²) in [6.45, 7) is 4.35. The number of aromatic nitrogens is 1. The Hall–Kier alpha value is -2.62. The largest absolute Gasteiger partial charge is 0.382 e. The van der Waals surface area contributed by atoms with Gasteiger partial charge in [-0.3, -0.25) is 9.78 Å². The molecule has 0 atom stereocenters. The molecule has 0 spiro atoms. The molecule has 0 aliphatic carbocycles. The lowest BCUT2D eigenvalue weighted by Crippen LogP contribution is -2.11. The molecule has 0 saturated carbocycles. The fraction of sp³-hybridized carbons (Fsp3) is 0.0667. The normalized spacial score (nSPS) is 9.68. The number of benzene rings is 1. The molecule has 0 saturated heterocycles. The molecule has 2 rings (SSSR count). The number of carbonyl (C=O) groups excluding carboxylic acids is 1. The van der Waals surface area contributed by atoms with Crippen LogP contribution in [0, 0.1) is 0 Å². The summed E-state index contributed by atoms with van der Waals surface area (Å²) in [6.07, 6.45) is 4.96. The van der Waals surface area contributed by atoms with Crippen LogP contribution < -0.4 is 10.6 Å². The van der Waals surface area contributed by atoms with Gasteiger partial charge in [0.2, 0.25) is 0 Å². The molecule has 0 bridgehead atoms. The fourth-order valence-corrected chi connectivity index (χ4v) is 1.56. The van der Waals surface area contributed by atoms with Crippen LogP contribution in [0.4, 0.5) is 11.4 Å². The van der Waals surface area contributed by atoms with Crippen LogP contribution in [0.2, 0.25) is 0 Å². The molecule has 2 N–H and O–H groups in total. The van der Waals surface area contributed by atoms with E-state index in [-0.39, 0.29) is 5.91 Å². The number of carbonyl (C=O) groups is 1. The first-order chi connectivity index (χ1) is 9.29. The molecule has 0 fully saturated rings. The van der Waals surface area contributed by atoms with Gasteiger partial charge in [-0.2, -0.15) is 0 Å². The van der Waals surface area contributed by atoms with Gasteiger partial charge in [-0.05, 0) is 36.4 Å². The molecule has 1 aromatic carbocycles. The van der Waals surface area contributed by atoms with Crippen molar-refractivity contribution in [2.45, 2.75) is 0 Å². The van der Waals surface area contributed by atoms with E-state index in [1.54, 1.807) is 24.4 Å². The van der Waals surface area contributed by atoms with Crippen molar-refractivity contribution in [3.63, 3.8) is 0 Å². The number of pyridine rings is 1. The third-order valence-corrected chi connectivity index (χ3v) is 2.52. The molecule has 0 radical (unpaired) electrons. The second-order valence-electron chi connectivity index (χ2n) is 3.94. The molecule has 0 aliphatic rings. The first-order valence-corrected chi connectivity index (χ1v) is 5.96. The number of nitrogens with one attached hydrogen (secondary N) is 2. The van der Waals surface area contributed by atoms with E-state index < -0.39 is 0 Å². The summed E-state index contributed by atoms with van der Waals surface area (Å²) in [5.41, 5.74) is 2.27. The molecule has 4 nitrogen and oxygen atoms in total. The quantitative estimate of drug-likeness (QED) is 0.805. The van der Waals surface area contributed by atoms with E-state index in [9.17, 15) is 4.79 Å². The third-order valence-electron chi connectivity index (χ3n) is 2.52. The number of hydrogen-bond donors (Lipinski definition) is 2. The predicted molar refractivity (Wildman–Crippen MR) is 77.3 cm³/mol. The molecule has 1 amide bonds. The Labute approximate surface area is 112 Å². The smallest absolute Gasteiger partial charge is 0.257 e. The summed E-state index contributed by atoms with van der Waals surface area (Å²) < 4.78 is 0. The summed E-state index contributed by atoms with van der Waals surface area (Å²) in [4.78, 5) is 15.8. The maximum atomic E-state index is 11.9. The van der Waals surface area contributed by atoms with Gasteiger partial charge in [-0.25, -0.2) is 0 Å². The van der Waals surface area contributed by atoms with Crippen LogP contribution in [-0.2, 0) is 0 Å². The Morgan fingerprint density at radius 2 is 1.95 bits per heavy atom. The first kappa shape index (κ1) is 12.8. The maximum absolute atomic E-state index is 11.9. The zero-order valence-electron chi connectivity index (χ0n) is 10.5. The fourth-order valence-electron chi connectivity index (χ4n) is 1.56. The lowest BCUT2D eigenvalue weighted by molar-refractivity contribution is 0.102. The van der Waals surface area contributed by atoms with Crippen LogP contribution in [0.1, 0.15) is 10.4 Å². The van der Waals surface area contributed by atoms with E-state index in [2.05, 4.69) is 22.2 Å². The number of rotatable bonds is 5. The highest BCUT2D eigenvalue weighted by Crippen LogP contribution is 2.14. The minimum absolute atomic E-state index is 0.167. The van der Waals surface area contributed by atoms with Gasteiger partial charge in [-0.15, -0.1) is 6.58 Å². The second kappa shape index (κ2) is 6.35. The van der Waals surface area contributed by atoms with Gasteiger partial charge in [0.15, 0.2) is 0 Å². The zero-order valence-corrected chi connectivity index (χ0v) is 10.5. The lowest BCUT2D eigenvalue weighted by Gasteiger charge is -2.07. The van der Waals surface area contributed by atoms with Crippen LogP contribution in [0.3, 0.4) is 0 Å². The van der Waals surface area contributed by atoms with Gasteiger partial charge >= 0.3 is 0 Å². The Bertz CT molecular complexity index is 549. The minimum atomic E-state index is -0.167. The summed E-state index contributed by atoms with van der Waals surface area (Å²) in [5, 5.41) is 5.98. The molecule has 0 unspecified atom stereocenters. The Balaban J connectivity index is 1.99. The molecular formula is C15H15N3O. The SMILES string of the molecule is C=CCNc1ccc(NC(=O)c2cccnc2)cc1. The van der Waals surface area contributed by atoms with E-state index in [1.165, 1.54) is 6.20 Å². The van der Waals surface area contributed by atoms with E-state index in [1.807, 2.05) is 24.3 Å².